The standard InChI is InChI=1S/C16H23NO/c18-11-16(17-15-3-1-2-4-15)14-9-7-13(8-10-14)12-5-6-12/h7-10,12,15-18H,1-6,11H2. The van der Waals surface area contributed by atoms with Crippen molar-refractivity contribution in [2.24, 2.45) is 0 Å². The topological polar surface area (TPSA) is 32.3 Å². The van der Waals surface area contributed by atoms with E-state index in [9.17, 15) is 5.11 Å². The number of hydrogen-bond donors (Lipinski definition) is 2. The molecule has 0 saturated heterocycles. The summed E-state index contributed by atoms with van der Waals surface area (Å²) in [5, 5.41) is 13.2. The molecule has 2 aliphatic carbocycles. The van der Waals surface area contributed by atoms with Gasteiger partial charge in [0.25, 0.3) is 0 Å². The second-order valence-electron chi connectivity index (χ2n) is 5.82. The van der Waals surface area contributed by atoms with Gasteiger partial charge in [-0.25, -0.2) is 0 Å². The van der Waals surface area contributed by atoms with Crippen molar-refractivity contribution in [3.05, 3.63) is 35.4 Å². The molecule has 0 spiro atoms. The van der Waals surface area contributed by atoms with Crippen LogP contribution in [0.1, 0.15) is 61.6 Å². The SMILES string of the molecule is OCC(NC1CCCC1)c1ccc(C2CC2)cc1. The molecule has 3 rings (SSSR count). The highest BCUT2D eigenvalue weighted by Crippen LogP contribution is 2.40. The van der Waals surface area contributed by atoms with Gasteiger partial charge in [0.15, 0.2) is 0 Å². The summed E-state index contributed by atoms with van der Waals surface area (Å²) < 4.78 is 0. The minimum absolute atomic E-state index is 0.112. The molecule has 1 aromatic carbocycles. The van der Waals surface area contributed by atoms with E-state index in [0.717, 1.165) is 5.92 Å². The number of rotatable bonds is 5. The van der Waals surface area contributed by atoms with Crippen LogP contribution in [0.25, 0.3) is 0 Å². The number of benzene rings is 1. The predicted molar refractivity (Wildman–Crippen MR) is 73.6 cm³/mol. The van der Waals surface area contributed by atoms with Crippen molar-refractivity contribution in [2.45, 2.75) is 56.5 Å². The van der Waals surface area contributed by atoms with E-state index in [2.05, 4.69) is 29.6 Å². The fourth-order valence-corrected chi connectivity index (χ4v) is 3.05. The Labute approximate surface area is 109 Å². The number of hydrogen-bond acceptors (Lipinski definition) is 2. The third-order valence-electron chi connectivity index (χ3n) is 4.36. The molecule has 2 nitrogen and oxygen atoms in total. The minimum atomic E-state index is 0.112. The maximum Gasteiger partial charge on any atom is 0.0626 e. The lowest BCUT2D eigenvalue weighted by atomic mass is 10.0. The lowest BCUT2D eigenvalue weighted by Crippen LogP contribution is -2.32. The van der Waals surface area contributed by atoms with Crippen LogP contribution >= 0.6 is 0 Å². The first kappa shape index (κ1) is 12.2. The Morgan fingerprint density at radius 1 is 1.06 bits per heavy atom. The van der Waals surface area contributed by atoms with Gasteiger partial charge in [0.05, 0.1) is 12.6 Å². The summed E-state index contributed by atoms with van der Waals surface area (Å²) in [7, 11) is 0. The highest BCUT2D eigenvalue weighted by Gasteiger charge is 2.24. The average molecular weight is 245 g/mol. The summed E-state index contributed by atoms with van der Waals surface area (Å²) in [4.78, 5) is 0. The molecular weight excluding hydrogens is 222 g/mol. The van der Waals surface area contributed by atoms with Gasteiger partial charge in [0, 0.05) is 6.04 Å². The quantitative estimate of drug-likeness (QED) is 0.835. The first-order valence-electron chi connectivity index (χ1n) is 7.33. The van der Waals surface area contributed by atoms with Crippen LogP contribution in [0, 0.1) is 0 Å². The van der Waals surface area contributed by atoms with Gasteiger partial charge in [-0.2, -0.15) is 0 Å². The highest BCUT2D eigenvalue weighted by atomic mass is 16.3. The van der Waals surface area contributed by atoms with Crippen molar-refractivity contribution in [3.8, 4) is 0 Å². The minimum Gasteiger partial charge on any atom is -0.394 e. The first-order valence-corrected chi connectivity index (χ1v) is 7.33. The van der Waals surface area contributed by atoms with Crippen molar-refractivity contribution in [1.29, 1.82) is 0 Å². The molecule has 0 radical (unpaired) electrons. The lowest BCUT2D eigenvalue weighted by Gasteiger charge is -2.21. The third kappa shape index (κ3) is 2.76. The zero-order valence-corrected chi connectivity index (χ0v) is 10.9. The van der Waals surface area contributed by atoms with E-state index in [-0.39, 0.29) is 12.6 Å². The zero-order valence-electron chi connectivity index (χ0n) is 10.9. The van der Waals surface area contributed by atoms with Crippen LogP contribution in [0.3, 0.4) is 0 Å². The molecule has 0 aromatic heterocycles. The molecule has 2 heteroatoms. The van der Waals surface area contributed by atoms with E-state index in [0.29, 0.717) is 6.04 Å². The Balaban J connectivity index is 1.65. The van der Waals surface area contributed by atoms with Crippen LogP contribution < -0.4 is 5.32 Å². The van der Waals surface area contributed by atoms with Crippen molar-refractivity contribution in [2.75, 3.05) is 6.61 Å². The normalized spacial score (nSPS) is 22.3. The van der Waals surface area contributed by atoms with Gasteiger partial charge in [-0.3, -0.25) is 0 Å². The summed E-state index contributed by atoms with van der Waals surface area (Å²) in [5.41, 5.74) is 2.70. The Morgan fingerprint density at radius 3 is 2.28 bits per heavy atom. The van der Waals surface area contributed by atoms with Crippen molar-refractivity contribution in [3.63, 3.8) is 0 Å². The van der Waals surface area contributed by atoms with E-state index in [1.54, 1.807) is 0 Å². The molecule has 0 aliphatic heterocycles. The summed E-state index contributed by atoms with van der Waals surface area (Å²) in [6.45, 7) is 0.194. The van der Waals surface area contributed by atoms with Crippen LogP contribution in [-0.2, 0) is 0 Å². The van der Waals surface area contributed by atoms with Crippen LogP contribution in [0.5, 0.6) is 0 Å². The molecule has 1 unspecified atom stereocenters. The van der Waals surface area contributed by atoms with E-state index < -0.39 is 0 Å². The Morgan fingerprint density at radius 2 is 1.72 bits per heavy atom. The molecule has 2 aliphatic rings. The van der Waals surface area contributed by atoms with Gasteiger partial charge in [0.2, 0.25) is 0 Å². The van der Waals surface area contributed by atoms with Gasteiger partial charge < -0.3 is 10.4 Å². The number of aliphatic hydroxyl groups excluding tert-OH is 1. The molecule has 0 amide bonds. The van der Waals surface area contributed by atoms with E-state index in [4.69, 9.17) is 0 Å². The predicted octanol–water partition coefficient (Wildman–Crippen LogP) is 3.13. The van der Waals surface area contributed by atoms with Crippen LogP contribution in [0.4, 0.5) is 0 Å². The molecule has 1 aromatic rings. The summed E-state index contributed by atoms with van der Waals surface area (Å²) in [5.74, 6) is 0.814. The monoisotopic (exact) mass is 245 g/mol. The number of aliphatic hydroxyl groups is 1. The Kier molecular flexibility index (Phi) is 3.67. The average Bonchev–Trinajstić information content (AvgIpc) is 3.14. The molecular formula is C16H23NO. The van der Waals surface area contributed by atoms with Crippen molar-refractivity contribution < 1.29 is 5.11 Å². The van der Waals surface area contributed by atoms with Crippen molar-refractivity contribution >= 4 is 0 Å². The first-order chi connectivity index (χ1) is 8.86. The molecule has 0 heterocycles. The fourth-order valence-electron chi connectivity index (χ4n) is 3.05. The molecule has 1 atom stereocenters. The van der Waals surface area contributed by atoms with E-state index in [1.807, 2.05) is 0 Å². The summed E-state index contributed by atoms with van der Waals surface area (Å²) >= 11 is 0. The summed E-state index contributed by atoms with van der Waals surface area (Å²) in [6.07, 6.45) is 7.88. The van der Waals surface area contributed by atoms with Crippen molar-refractivity contribution in [1.82, 2.24) is 5.32 Å². The van der Waals surface area contributed by atoms with Crippen LogP contribution in [-0.4, -0.2) is 17.8 Å². The molecule has 2 fully saturated rings. The number of nitrogens with one attached hydrogen (secondary N) is 1. The van der Waals surface area contributed by atoms with Crippen LogP contribution in [0.2, 0.25) is 0 Å². The Hall–Kier alpha value is -0.860. The van der Waals surface area contributed by atoms with E-state index in [1.165, 1.54) is 49.7 Å². The largest absolute Gasteiger partial charge is 0.394 e. The molecule has 18 heavy (non-hydrogen) atoms. The van der Waals surface area contributed by atoms with Gasteiger partial charge >= 0.3 is 0 Å². The second-order valence-corrected chi connectivity index (χ2v) is 5.82. The van der Waals surface area contributed by atoms with Gasteiger partial charge in [-0.1, -0.05) is 37.1 Å². The van der Waals surface area contributed by atoms with Gasteiger partial charge in [-0.05, 0) is 42.7 Å². The smallest absolute Gasteiger partial charge is 0.0626 e. The highest BCUT2D eigenvalue weighted by molar-refractivity contribution is 5.29. The molecule has 0 bridgehead atoms. The fraction of sp³-hybridized carbons (Fsp3) is 0.625. The molecule has 2 saturated carbocycles. The van der Waals surface area contributed by atoms with Crippen LogP contribution in [0.15, 0.2) is 24.3 Å². The maximum absolute atomic E-state index is 9.57. The van der Waals surface area contributed by atoms with Gasteiger partial charge in [-0.15, -0.1) is 0 Å². The summed E-state index contributed by atoms with van der Waals surface area (Å²) in [6, 6.07) is 9.58. The maximum atomic E-state index is 9.57. The molecule has 2 N–H and O–H groups in total. The van der Waals surface area contributed by atoms with Gasteiger partial charge in [0.1, 0.15) is 0 Å². The third-order valence-corrected chi connectivity index (χ3v) is 4.36. The Bertz CT molecular complexity index is 377. The zero-order chi connectivity index (χ0) is 12.4. The second kappa shape index (κ2) is 5.41. The molecule has 98 valence electrons. The lowest BCUT2D eigenvalue weighted by molar-refractivity contribution is 0.233. The van der Waals surface area contributed by atoms with E-state index >= 15 is 0 Å².